The Bertz CT molecular complexity index is 909. The first-order chi connectivity index (χ1) is 11.6. The van der Waals surface area contributed by atoms with E-state index in [1.165, 1.54) is 6.21 Å². The summed E-state index contributed by atoms with van der Waals surface area (Å²) in [6, 6.07) is 5.46. The summed E-state index contributed by atoms with van der Waals surface area (Å²) in [5.74, 6) is 0.234. The van der Waals surface area contributed by atoms with Gasteiger partial charge >= 0.3 is 0 Å². The van der Waals surface area contributed by atoms with E-state index in [4.69, 9.17) is 16.4 Å². The molecule has 0 amide bonds. The second-order valence-electron chi connectivity index (χ2n) is 5.75. The molecule has 0 fully saturated rings. The van der Waals surface area contributed by atoms with Crippen molar-refractivity contribution in [2.75, 3.05) is 0 Å². The number of nitrogens with one attached hydrogen (secondary N) is 1. The first-order valence-corrected chi connectivity index (χ1v) is 8.39. The Morgan fingerprint density at radius 1 is 1.42 bits per heavy atom. The zero-order valence-electron chi connectivity index (χ0n) is 13.6. The van der Waals surface area contributed by atoms with Crippen molar-refractivity contribution in [2.45, 2.75) is 32.6 Å². The minimum atomic E-state index is -0.234. The number of oxime groups is 1. The number of hydrogen-bond donors (Lipinski definition) is 1. The molecule has 3 rings (SSSR count). The molecule has 5 heteroatoms. The number of halogens is 1. The maximum atomic E-state index is 12.7. The van der Waals surface area contributed by atoms with E-state index in [0.29, 0.717) is 10.6 Å². The molecule has 0 radical (unpaired) electrons. The van der Waals surface area contributed by atoms with Gasteiger partial charge in [-0.25, -0.2) is 0 Å². The molecule has 24 heavy (non-hydrogen) atoms. The van der Waals surface area contributed by atoms with Crippen LogP contribution >= 0.6 is 11.6 Å². The Hall–Kier alpha value is -2.33. The largest absolute Gasteiger partial charge is 0.357 e. The van der Waals surface area contributed by atoms with Crippen LogP contribution in [-0.4, -0.2) is 11.2 Å². The van der Waals surface area contributed by atoms with Crippen LogP contribution in [0.3, 0.4) is 0 Å². The van der Waals surface area contributed by atoms with Gasteiger partial charge in [-0.1, -0.05) is 29.4 Å². The fraction of sp³-hybridized carbons (Fsp3) is 0.263. The summed E-state index contributed by atoms with van der Waals surface area (Å²) in [5, 5.41) is 5.27. The number of benzene rings is 1. The van der Waals surface area contributed by atoms with E-state index < -0.39 is 0 Å². The average molecular weight is 343 g/mol. The molecule has 1 heterocycles. The lowest BCUT2D eigenvalue weighted by Gasteiger charge is -2.18. The van der Waals surface area contributed by atoms with Crippen LogP contribution in [0.5, 0.6) is 0 Å². The topological polar surface area (TPSA) is 54.4 Å². The van der Waals surface area contributed by atoms with Gasteiger partial charge < -0.3 is 9.82 Å². The Labute approximate surface area is 145 Å². The lowest BCUT2D eigenvalue weighted by Crippen LogP contribution is -2.16. The van der Waals surface area contributed by atoms with Crippen molar-refractivity contribution in [3.05, 3.63) is 57.4 Å². The SMILES string of the molecule is C=C(O/N=C/C)c1c(C2=CCCCC2)c2cc(Cl)ccc2[nH]c1=O. The smallest absolute Gasteiger partial charge is 0.260 e. The van der Waals surface area contributed by atoms with Crippen molar-refractivity contribution in [3.63, 3.8) is 0 Å². The Morgan fingerprint density at radius 3 is 2.96 bits per heavy atom. The third-order valence-corrected chi connectivity index (χ3v) is 4.37. The molecule has 1 aliphatic rings. The van der Waals surface area contributed by atoms with Crippen LogP contribution in [0.15, 0.2) is 40.8 Å². The van der Waals surface area contributed by atoms with Gasteiger partial charge in [-0.2, -0.15) is 0 Å². The lowest BCUT2D eigenvalue weighted by atomic mass is 9.88. The van der Waals surface area contributed by atoms with Gasteiger partial charge in [-0.15, -0.1) is 0 Å². The number of nitrogens with zero attached hydrogens (tertiary/aromatic N) is 1. The highest BCUT2D eigenvalue weighted by Crippen LogP contribution is 2.35. The predicted octanol–water partition coefficient (Wildman–Crippen LogP) is 5.13. The molecule has 0 aliphatic heterocycles. The van der Waals surface area contributed by atoms with E-state index in [0.717, 1.165) is 47.7 Å². The molecule has 0 spiro atoms. The third-order valence-electron chi connectivity index (χ3n) is 4.14. The summed E-state index contributed by atoms with van der Waals surface area (Å²) in [6.07, 6.45) is 7.89. The molecule has 2 aromatic rings. The van der Waals surface area contributed by atoms with Crippen molar-refractivity contribution in [1.29, 1.82) is 0 Å². The highest BCUT2D eigenvalue weighted by atomic mass is 35.5. The fourth-order valence-corrected chi connectivity index (χ4v) is 3.26. The second kappa shape index (κ2) is 7.05. The molecule has 124 valence electrons. The Balaban J connectivity index is 2.32. The van der Waals surface area contributed by atoms with Gasteiger partial charge in [0.15, 0.2) is 5.76 Å². The summed E-state index contributed by atoms with van der Waals surface area (Å²) >= 11 is 6.20. The van der Waals surface area contributed by atoms with Gasteiger partial charge in [0.2, 0.25) is 0 Å². The molecule has 0 bridgehead atoms. The van der Waals surface area contributed by atoms with Gasteiger partial charge in [0, 0.05) is 27.7 Å². The van der Waals surface area contributed by atoms with Crippen molar-refractivity contribution >= 4 is 40.1 Å². The maximum absolute atomic E-state index is 12.7. The van der Waals surface area contributed by atoms with Gasteiger partial charge in [-0.05, 0) is 56.4 Å². The van der Waals surface area contributed by atoms with E-state index >= 15 is 0 Å². The van der Waals surface area contributed by atoms with Crippen molar-refractivity contribution in [2.24, 2.45) is 5.16 Å². The molecule has 1 aromatic carbocycles. The fourth-order valence-electron chi connectivity index (χ4n) is 3.09. The molecular weight excluding hydrogens is 324 g/mol. The number of hydrogen-bond acceptors (Lipinski definition) is 3. The quantitative estimate of drug-likeness (QED) is 0.475. The zero-order valence-corrected chi connectivity index (χ0v) is 14.3. The van der Waals surface area contributed by atoms with Crippen LogP contribution in [-0.2, 0) is 4.84 Å². The first-order valence-electron chi connectivity index (χ1n) is 8.01. The highest BCUT2D eigenvalue weighted by Gasteiger charge is 2.21. The Kier molecular flexibility index (Phi) is 4.86. The van der Waals surface area contributed by atoms with E-state index in [-0.39, 0.29) is 11.3 Å². The van der Waals surface area contributed by atoms with Gasteiger partial charge in [-0.3, -0.25) is 4.79 Å². The van der Waals surface area contributed by atoms with Crippen LogP contribution in [0.4, 0.5) is 0 Å². The van der Waals surface area contributed by atoms with Crippen LogP contribution in [0.2, 0.25) is 5.02 Å². The summed E-state index contributed by atoms with van der Waals surface area (Å²) in [5.41, 5.74) is 2.93. The van der Waals surface area contributed by atoms with Crippen LogP contribution in [0, 0.1) is 0 Å². The van der Waals surface area contributed by atoms with Crippen LogP contribution in [0.1, 0.15) is 43.7 Å². The molecule has 1 aromatic heterocycles. The van der Waals surface area contributed by atoms with Crippen LogP contribution < -0.4 is 5.56 Å². The number of rotatable bonds is 4. The normalized spacial score (nSPS) is 14.8. The van der Waals surface area contributed by atoms with Gasteiger partial charge in [0.1, 0.15) is 0 Å². The molecule has 1 N–H and O–H groups in total. The maximum Gasteiger partial charge on any atom is 0.260 e. The predicted molar refractivity (Wildman–Crippen MR) is 100 cm³/mol. The van der Waals surface area contributed by atoms with Crippen molar-refractivity contribution in [3.8, 4) is 0 Å². The van der Waals surface area contributed by atoms with Gasteiger partial charge in [0.25, 0.3) is 5.56 Å². The Morgan fingerprint density at radius 2 is 2.25 bits per heavy atom. The highest BCUT2D eigenvalue weighted by molar-refractivity contribution is 6.31. The molecular formula is C19H19ClN2O2. The molecule has 0 saturated carbocycles. The molecule has 0 atom stereocenters. The monoisotopic (exact) mass is 342 g/mol. The molecule has 4 nitrogen and oxygen atoms in total. The zero-order chi connectivity index (χ0) is 17.1. The van der Waals surface area contributed by atoms with Crippen LogP contribution in [0.25, 0.3) is 22.2 Å². The summed E-state index contributed by atoms with van der Waals surface area (Å²) in [7, 11) is 0. The second-order valence-corrected chi connectivity index (χ2v) is 6.18. The molecule has 0 saturated heterocycles. The van der Waals surface area contributed by atoms with Crippen molar-refractivity contribution in [1.82, 2.24) is 4.98 Å². The molecule has 0 unspecified atom stereocenters. The van der Waals surface area contributed by atoms with E-state index in [2.05, 4.69) is 22.8 Å². The average Bonchev–Trinajstić information content (AvgIpc) is 2.59. The first kappa shape index (κ1) is 16.5. The minimum Gasteiger partial charge on any atom is -0.357 e. The summed E-state index contributed by atoms with van der Waals surface area (Å²) in [6.45, 7) is 5.63. The number of allylic oxidation sites excluding steroid dienone is 2. The number of pyridine rings is 1. The summed E-state index contributed by atoms with van der Waals surface area (Å²) in [4.78, 5) is 20.8. The standard InChI is InChI=1S/C19H19ClN2O2/c1-3-21-24-12(2)17-18(13-7-5-4-6-8-13)15-11-14(20)9-10-16(15)22-19(17)23/h3,7,9-11H,2,4-6,8H2,1H3,(H,22,23)/b21-3+. The van der Waals surface area contributed by atoms with E-state index in [9.17, 15) is 4.79 Å². The number of fused-ring (bicyclic) bond motifs is 1. The van der Waals surface area contributed by atoms with Gasteiger partial charge in [0.05, 0.1) is 5.56 Å². The number of H-pyrrole nitrogens is 1. The van der Waals surface area contributed by atoms with E-state index in [1.54, 1.807) is 13.0 Å². The van der Waals surface area contributed by atoms with E-state index in [1.807, 2.05) is 12.1 Å². The number of aromatic nitrogens is 1. The lowest BCUT2D eigenvalue weighted by molar-refractivity contribution is 0.300. The third kappa shape index (κ3) is 3.15. The molecule has 1 aliphatic carbocycles. The minimum absolute atomic E-state index is 0.234. The number of aromatic amines is 1. The summed E-state index contributed by atoms with van der Waals surface area (Å²) < 4.78 is 0. The van der Waals surface area contributed by atoms with Crippen molar-refractivity contribution < 1.29 is 4.84 Å².